The van der Waals surface area contributed by atoms with Gasteiger partial charge in [0.2, 0.25) is 0 Å². The third kappa shape index (κ3) is 3.29. The molecule has 0 unspecified atom stereocenters. The molecule has 0 atom stereocenters. The summed E-state index contributed by atoms with van der Waals surface area (Å²) < 4.78 is 4.76. The van der Waals surface area contributed by atoms with Gasteiger partial charge in [0.15, 0.2) is 0 Å². The van der Waals surface area contributed by atoms with Crippen molar-refractivity contribution in [1.29, 1.82) is 0 Å². The zero-order chi connectivity index (χ0) is 13.9. The van der Waals surface area contributed by atoms with Crippen LogP contribution < -0.4 is 10.6 Å². The number of benzene rings is 1. The summed E-state index contributed by atoms with van der Waals surface area (Å²) in [5.41, 5.74) is 7.21. The standard InChI is InChI=1S/C13H19ClN2O2/c1-8(2)7-16(3)12-10(13(17)18-4)5-9(15)6-11(12)14/h5-6,8H,7,15H2,1-4H3. The minimum atomic E-state index is -0.435. The second-order valence-electron chi connectivity index (χ2n) is 4.66. The van der Waals surface area contributed by atoms with Gasteiger partial charge in [-0.1, -0.05) is 25.4 Å². The fourth-order valence-electron chi connectivity index (χ4n) is 1.91. The summed E-state index contributed by atoms with van der Waals surface area (Å²) in [6, 6.07) is 3.23. The summed E-state index contributed by atoms with van der Waals surface area (Å²) in [7, 11) is 3.23. The number of hydrogen-bond donors (Lipinski definition) is 1. The van der Waals surface area contributed by atoms with Crippen LogP contribution >= 0.6 is 11.6 Å². The largest absolute Gasteiger partial charge is 0.465 e. The predicted octanol–water partition coefficient (Wildman–Crippen LogP) is 2.80. The van der Waals surface area contributed by atoms with Gasteiger partial charge in [0.05, 0.1) is 23.4 Å². The molecule has 0 saturated heterocycles. The van der Waals surface area contributed by atoms with Crippen LogP contribution in [-0.4, -0.2) is 26.7 Å². The lowest BCUT2D eigenvalue weighted by Gasteiger charge is -2.25. The van der Waals surface area contributed by atoms with Gasteiger partial charge in [-0.2, -0.15) is 0 Å². The van der Waals surface area contributed by atoms with Gasteiger partial charge >= 0.3 is 5.97 Å². The Balaban J connectivity index is 3.27. The van der Waals surface area contributed by atoms with E-state index in [4.69, 9.17) is 22.1 Å². The van der Waals surface area contributed by atoms with Crippen LogP contribution in [0.2, 0.25) is 5.02 Å². The fourth-order valence-corrected chi connectivity index (χ4v) is 2.28. The first kappa shape index (κ1) is 14.6. The molecule has 0 bridgehead atoms. The number of methoxy groups -OCH3 is 1. The first-order valence-electron chi connectivity index (χ1n) is 5.75. The SMILES string of the molecule is COC(=O)c1cc(N)cc(Cl)c1N(C)CC(C)C. The van der Waals surface area contributed by atoms with Crippen molar-refractivity contribution < 1.29 is 9.53 Å². The first-order valence-corrected chi connectivity index (χ1v) is 6.13. The molecule has 1 rings (SSSR count). The molecular weight excluding hydrogens is 252 g/mol. The van der Waals surface area contributed by atoms with Crippen LogP contribution in [0.15, 0.2) is 12.1 Å². The lowest BCUT2D eigenvalue weighted by atomic mass is 10.1. The van der Waals surface area contributed by atoms with Crippen molar-refractivity contribution in [2.75, 3.05) is 31.3 Å². The molecule has 0 radical (unpaired) electrons. The highest BCUT2D eigenvalue weighted by molar-refractivity contribution is 6.34. The van der Waals surface area contributed by atoms with Crippen LogP contribution in [0.1, 0.15) is 24.2 Å². The molecule has 0 fully saturated rings. The average Bonchev–Trinajstić information content (AvgIpc) is 2.25. The first-order chi connectivity index (χ1) is 8.36. The van der Waals surface area contributed by atoms with Gasteiger partial charge < -0.3 is 15.4 Å². The maximum absolute atomic E-state index is 11.8. The number of nitrogen functional groups attached to an aromatic ring is 1. The van der Waals surface area contributed by atoms with Crippen LogP contribution in [0.3, 0.4) is 0 Å². The minimum absolute atomic E-state index is 0.394. The van der Waals surface area contributed by atoms with Crippen LogP contribution in [0.25, 0.3) is 0 Å². The lowest BCUT2D eigenvalue weighted by molar-refractivity contribution is 0.0601. The van der Waals surface area contributed by atoms with E-state index >= 15 is 0 Å². The van der Waals surface area contributed by atoms with E-state index in [0.717, 1.165) is 6.54 Å². The molecule has 4 nitrogen and oxygen atoms in total. The Morgan fingerprint density at radius 3 is 2.61 bits per heavy atom. The van der Waals surface area contributed by atoms with E-state index in [1.807, 2.05) is 11.9 Å². The predicted molar refractivity (Wildman–Crippen MR) is 75.3 cm³/mol. The molecule has 100 valence electrons. The molecule has 0 amide bonds. The minimum Gasteiger partial charge on any atom is -0.465 e. The Hall–Kier alpha value is -1.42. The van der Waals surface area contributed by atoms with E-state index in [1.165, 1.54) is 7.11 Å². The van der Waals surface area contributed by atoms with Crippen molar-refractivity contribution in [3.8, 4) is 0 Å². The van der Waals surface area contributed by atoms with Crippen molar-refractivity contribution in [3.63, 3.8) is 0 Å². The number of ether oxygens (including phenoxy) is 1. The molecule has 1 aromatic carbocycles. The normalized spacial score (nSPS) is 10.6. The summed E-state index contributed by atoms with van der Waals surface area (Å²) in [5, 5.41) is 0.457. The molecule has 0 aromatic heterocycles. The Morgan fingerprint density at radius 2 is 2.11 bits per heavy atom. The second-order valence-corrected chi connectivity index (χ2v) is 5.07. The van der Waals surface area contributed by atoms with E-state index in [0.29, 0.717) is 27.9 Å². The molecule has 0 aliphatic heterocycles. The van der Waals surface area contributed by atoms with E-state index < -0.39 is 5.97 Å². The highest BCUT2D eigenvalue weighted by Gasteiger charge is 2.19. The number of carbonyl (C=O) groups excluding carboxylic acids is 1. The highest BCUT2D eigenvalue weighted by atomic mass is 35.5. The summed E-state index contributed by atoms with van der Waals surface area (Å²) in [5.74, 6) is 0.0175. The van der Waals surface area contributed by atoms with Crippen molar-refractivity contribution in [1.82, 2.24) is 0 Å². The van der Waals surface area contributed by atoms with Gasteiger partial charge in [0.1, 0.15) is 0 Å². The number of esters is 1. The third-order valence-electron chi connectivity index (χ3n) is 2.51. The highest BCUT2D eigenvalue weighted by Crippen LogP contribution is 2.32. The molecule has 1 aromatic rings. The van der Waals surface area contributed by atoms with Crippen molar-refractivity contribution in [2.24, 2.45) is 5.92 Å². The van der Waals surface area contributed by atoms with Crippen LogP contribution in [0, 0.1) is 5.92 Å². The van der Waals surface area contributed by atoms with E-state index in [9.17, 15) is 4.79 Å². The van der Waals surface area contributed by atoms with Gasteiger partial charge in [0.25, 0.3) is 0 Å². The van der Waals surface area contributed by atoms with E-state index in [2.05, 4.69) is 13.8 Å². The number of anilines is 2. The summed E-state index contributed by atoms with van der Waals surface area (Å²) in [6.07, 6.45) is 0. The van der Waals surface area contributed by atoms with Gasteiger partial charge in [0, 0.05) is 19.3 Å². The number of nitrogens with two attached hydrogens (primary N) is 1. The molecule has 0 aliphatic carbocycles. The molecule has 2 N–H and O–H groups in total. The smallest absolute Gasteiger partial charge is 0.340 e. The Bertz CT molecular complexity index is 447. The van der Waals surface area contributed by atoms with Crippen LogP contribution in [-0.2, 0) is 4.74 Å². The summed E-state index contributed by atoms with van der Waals surface area (Å²) >= 11 is 6.18. The topological polar surface area (TPSA) is 55.6 Å². The zero-order valence-electron chi connectivity index (χ0n) is 11.2. The molecular formula is C13H19ClN2O2. The molecule has 0 spiro atoms. The van der Waals surface area contributed by atoms with Crippen molar-refractivity contribution in [3.05, 3.63) is 22.7 Å². The fraction of sp³-hybridized carbons (Fsp3) is 0.462. The Kier molecular flexibility index (Phi) is 4.84. The van der Waals surface area contributed by atoms with Crippen molar-refractivity contribution in [2.45, 2.75) is 13.8 Å². The maximum atomic E-state index is 11.8. The monoisotopic (exact) mass is 270 g/mol. The Morgan fingerprint density at radius 1 is 1.50 bits per heavy atom. The van der Waals surface area contributed by atoms with Crippen molar-refractivity contribution >= 4 is 28.9 Å². The summed E-state index contributed by atoms with van der Waals surface area (Å²) in [6.45, 7) is 4.98. The maximum Gasteiger partial charge on any atom is 0.340 e. The molecule has 0 saturated carbocycles. The lowest BCUT2D eigenvalue weighted by Crippen LogP contribution is -2.25. The number of rotatable bonds is 4. The molecule has 0 heterocycles. The number of carbonyl (C=O) groups is 1. The molecule has 5 heteroatoms. The quantitative estimate of drug-likeness (QED) is 0.675. The zero-order valence-corrected chi connectivity index (χ0v) is 11.9. The van der Waals surface area contributed by atoms with Gasteiger partial charge in [-0.3, -0.25) is 0 Å². The summed E-state index contributed by atoms with van der Waals surface area (Å²) in [4.78, 5) is 13.7. The van der Waals surface area contributed by atoms with E-state index in [1.54, 1.807) is 12.1 Å². The van der Waals surface area contributed by atoms with Gasteiger partial charge in [-0.25, -0.2) is 4.79 Å². The van der Waals surface area contributed by atoms with Crippen LogP contribution in [0.5, 0.6) is 0 Å². The average molecular weight is 271 g/mol. The third-order valence-corrected chi connectivity index (χ3v) is 2.80. The van der Waals surface area contributed by atoms with Gasteiger partial charge in [-0.15, -0.1) is 0 Å². The number of hydrogen-bond acceptors (Lipinski definition) is 4. The Labute approximate surface area is 113 Å². The van der Waals surface area contributed by atoms with Crippen LogP contribution in [0.4, 0.5) is 11.4 Å². The second kappa shape index (κ2) is 5.96. The number of nitrogens with zero attached hydrogens (tertiary/aromatic N) is 1. The van der Waals surface area contributed by atoms with E-state index in [-0.39, 0.29) is 0 Å². The number of halogens is 1. The van der Waals surface area contributed by atoms with Gasteiger partial charge in [-0.05, 0) is 18.1 Å². The molecule has 18 heavy (non-hydrogen) atoms. The molecule has 0 aliphatic rings.